The second-order valence-corrected chi connectivity index (χ2v) is 7.83. The molecule has 2 heterocycles. The highest BCUT2D eigenvalue weighted by atomic mass is 35.5. The van der Waals surface area contributed by atoms with E-state index in [-0.39, 0.29) is 11.7 Å². The van der Waals surface area contributed by atoms with Gasteiger partial charge in [0, 0.05) is 24.9 Å². The summed E-state index contributed by atoms with van der Waals surface area (Å²) in [6.45, 7) is 2.15. The number of halogens is 2. The summed E-state index contributed by atoms with van der Waals surface area (Å²) < 4.78 is 15.1. The summed E-state index contributed by atoms with van der Waals surface area (Å²) in [4.78, 5) is 32.1. The molecule has 1 fully saturated rings. The standard InChI is InChI=1S/C18H19ClFN4O2S/c1-11(19)8-9-27-17-21-15-14(16(25)23(3)18(26)22(15)2)24(17)10-12-4-6-13(20)7-5-12/h4-8,14H,9-10H2,1-3H3/q+1/b11-8+. The van der Waals surface area contributed by atoms with Crippen LogP contribution in [0.15, 0.2) is 40.4 Å². The number of aliphatic imine (C=N–C) groups is 1. The smallest absolute Gasteiger partial charge is 0.269 e. The normalized spacial score (nSPS) is 20.4. The topological polar surface area (TPSA) is 56.0 Å². The summed E-state index contributed by atoms with van der Waals surface area (Å²) in [7, 11) is 3.06. The van der Waals surface area contributed by atoms with Gasteiger partial charge < -0.3 is 0 Å². The quantitative estimate of drug-likeness (QED) is 0.718. The summed E-state index contributed by atoms with van der Waals surface area (Å²) in [5.41, 5.74) is 0.838. The number of urea groups is 1. The van der Waals surface area contributed by atoms with Gasteiger partial charge in [0.2, 0.25) is 0 Å². The van der Waals surface area contributed by atoms with Crippen molar-refractivity contribution in [2.45, 2.75) is 19.5 Å². The van der Waals surface area contributed by atoms with E-state index in [1.807, 2.05) is 10.7 Å². The maximum absolute atomic E-state index is 13.2. The summed E-state index contributed by atoms with van der Waals surface area (Å²) in [6, 6.07) is 4.99. The van der Waals surface area contributed by atoms with Crippen LogP contribution in [0.25, 0.3) is 0 Å². The monoisotopic (exact) mass is 409 g/mol. The Bertz CT molecular complexity index is 878. The molecule has 0 aromatic heterocycles. The van der Waals surface area contributed by atoms with E-state index in [0.29, 0.717) is 28.3 Å². The predicted molar refractivity (Wildman–Crippen MR) is 105 cm³/mol. The Morgan fingerprint density at radius 2 is 1.96 bits per heavy atom. The van der Waals surface area contributed by atoms with Gasteiger partial charge in [0.1, 0.15) is 12.4 Å². The van der Waals surface area contributed by atoms with E-state index < -0.39 is 12.1 Å². The minimum Gasteiger partial charge on any atom is -0.269 e. The number of hydrogen-bond donors (Lipinski definition) is 0. The van der Waals surface area contributed by atoms with Crippen molar-refractivity contribution >= 4 is 46.3 Å². The molecule has 0 N–H and O–H groups in total. The van der Waals surface area contributed by atoms with Crippen molar-refractivity contribution in [3.63, 3.8) is 0 Å². The number of hydrogen-bond acceptors (Lipinski definition) is 4. The largest absolute Gasteiger partial charge is 0.358 e. The summed E-state index contributed by atoms with van der Waals surface area (Å²) in [6.07, 6.45) is 1.85. The number of amidine groups is 2. The van der Waals surface area contributed by atoms with Crippen LogP contribution in [0.1, 0.15) is 12.5 Å². The molecule has 9 heteroatoms. The molecule has 1 aromatic carbocycles. The number of rotatable bonds is 4. The fourth-order valence-corrected chi connectivity index (χ4v) is 4.01. The first kappa shape index (κ1) is 19.6. The van der Waals surface area contributed by atoms with Crippen LogP contribution in [0.5, 0.6) is 0 Å². The highest BCUT2D eigenvalue weighted by Gasteiger charge is 2.53. The van der Waals surface area contributed by atoms with Crippen molar-refractivity contribution in [1.29, 1.82) is 0 Å². The van der Waals surface area contributed by atoms with Gasteiger partial charge >= 0.3 is 11.2 Å². The van der Waals surface area contributed by atoms with Crippen molar-refractivity contribution in [3.05, 3.63) is 46.8 Å². The molecule has 2 aliphatic rings. The van der Waals surface area contributed by atoms with Gasteiger partial charge in [-0.1, -0.05) is 29.8 Å². The molecule has 3 amide bonds. The number of fused-ring (bicyclic) bond motifs is 1. The SMILES string of the molecule is C/C(Cl)=C\CSC1=[N+](Cc2ccc(F)cc2)C2C(=O)N(C)C(=O)N(C)C2=N1. The zero-order valence-corrected chi connectivity index (χ0v) is 16.7. The average Bonchev–Trinajstić information content (AvgIpc) is 2.98. The Morgan fingerprint density at radius 3 is 2.59 bits per heavy atom. The van der Waals surface area contributed by atoms with Crippen LogP contribution >= 0.6 is 23.4 Å². The molecule has 1 aromatic rings. The van der Waals surface area contributed by atoms with E-state index in [4.69, 9.17) is 11.6 Å². The lowest BCUT2D eigenvalue weighted by Gasteiger charge is -2.30. The number of carbonyl (C=O) groups is 2. The first-order valence-corrected chi connectivity index (χ1v) is 9.63. The van der Waals surface area contributed by atoms with Crippen LogP contribution in [0.2, 0.25) is 0 Å². The van der Waals surface area contributed by atoms with E-state index in [0.717, 1.165) is 10.5 Å². The zero-order valence-electron chi connectivity index (χ0n) is 15.1. The van der Waals surface area contributed by atoms with Gasteiger partial charge in [-0.05, 0) is 41.4 Å². The van der Waals surface area contributed by atoms with E-state index in [2.05, 4.69) is 4.99 Å². The Balaban J connectivity index is 1.97. The number of likely N-dealkylation sites (N-methyl/N-ethyl adjacent to an activating group) is 2. The number of imide groups is 1. The van der Waals surface area contributed by atoms with Crippen LogP contribution in [0.3, 0.4) is 0 Å². The third kappa shape index (κ3) is 3.91. The van der Waals surface area contributed by atoms with Gasteiger partial charge in [-0.3, -0.25) is 14.6 Å². The number of allylic oxidation sites excluding steroid dienone is 1. The number of thioether (sulfide) groups is 1. The van der Waals surface area contributed by atoms with Crippen LogP contribution in [0.4, 0.5) is 9.18 Å². The van der Waals surface area contributed by atoms with Gasteiger partial charge in [-0.15, -0.1) is 0 Å². The Morgan fingerprint density at radius 1 is 1.30 bits per heavy atom. The van der Waals surface area contributed by atoms with E-state index >= 15 is 0 Å². The molecule has 3 rings (SSSR count). The van der Waals surface area contributed by atoms with Gasteiger partial charge in [0.05, 0.1) is 0 Å². The first-order chi connectivity index (χ1) is 12.8. The molecule has 0 bridgehead atoms. The molecule has 27 heavy (non-hydrogen) atoms. The maximum atomic E-state index is 13.2. The average molecular weight is 410 g/mol. The highest BCUT2D eigenvalue weighted by Crippen LogP contribution is 2.24. The van der Waals surface area contributed by atoms with Crippen molar-refractivity contribution < 1.29 is 18.6 Å². The van der Waals surface area contributed by atoms with Gasteiger partial charge in [-0.2, -0.15) is 0 Å². The Labute approximate surface area is 166 Å². The molecule has 2 aliphatic heterocycles. The van der Waals surface area contributed by atoms with Crippen molar-refractivity contribution in [3.8, 4) is 0 Å². The van der Waals surface area contributed by atoms with Crippen molar-refractivity contribution in [2.75, 3.05) is 19.8 Å². The number of benzene rings is 1. The Kier molecular flexibility index (Phi) is 5.67. The number of carbonyl (C=O) groups excluding carboxylic acids is 2. The molecule has 6 nitrogen and oxygen atoms in total. The number of nitrogens with zero attached hydrogens (tertiary/aromatic N) is 4. The Hall–Kier alpha value is -2.19. The van der Waals surface area contributed by atoms with Crippen LogP contribution in [-0.2, 0) is 11.3 Å². The van der Waals surface area contributed by atoms with Crippen LogP contribution < -0.4 is 0 Å². The van der Waals surface area contributed by atoms with Gasteiger partial charge in [-0.25, -0.2) is 13.8 Å². The lowest BCUT2D eigenvalue weighted by atomic mass is 10.1. The molecular formula is C18H19ClFN4O2S+. The van der Waals surface area contributed by atoms with Crippen LogP contribution in [0, 0.1) is 5.82 Å². The fraction of sp³-hybridized carbons (Fsp3) is 0.333. The molecule has 0 radical (unpaired) electrons. The third-order valence-corrected chi connectivity index (χ3v) is 5.41. The van der Waals surface area contributed by atoms with Gasteiger partial charge in [0.25, 0.3) is 17.8 Å². The van der Waals surface area contributed by atoms with Gasteiger partial charge in [0.15, 0.2) is 0 Å². The predicted octanol–water partition coefficient (Wildman–Crippen LogP) is 2.87. The lowest BCUT2D eigenvalue weighted by Crippen LogP contribution is -2.61. The maximum Gasteiger partial charge on any atom is 0.358 e. The first-order valence-electron chi connectivity index (χ1n) is 8.26. The number of amides is 3. The molecule has 0 saturated carbocycles. The van der Waals surface area contributed by atoms with Crippen LogP contribution in [-0.4, -0.2) is 63.2 Å². The van der Waals surface area contributed by atoms with E-state index in [1.54, 1.807) is 26.1 Å². The summed E-state index contributed by atoms with van der Waals surface area (Å²) in [5.74, 6) is 0.325. The fourth-order valence-electron chi connectivity index (χ4n) is 2.87. The molecule has 0 aliphatic carbocycles. The summed E-state index contributed by atoms with van der Waals surface area (Å²) in [5, 5.41) is 1.29. The zero-order chi connectivity index (χ0) is 19.7. The summed E-state index contributed by atoms with van der Waals surface area (Å²) >= 11 is 7.32. The second-order valence-electron chi connectivity index (χ2n) is 6.25. The van der Waals surface area contributed by atoms with E-state index in [9.17, 15) is 14.0 Å². The molecule has 1 atom stereocenters. The third-order valence-electron chi connectivity index (χ3n) is 4.34. The van der Waals surface area contributed by atoms with Crippen molar-refractivity contribution in [2.24, 2.45) is 4.99 Å². The molecule has 0 spiro atoms. The second kappa shape index (κ2) is 7.82. The minimum atomic E-state index is -0.689. The van der Waals surface area contributed by atoms with Crippen molar-refractivity contribution in [1.82, 2.24) is 9.80 Å². The lowest BCUT2D eigenvalue weighted by molar-refractivity contribution is -0.548. The highest BCUT2D eigenvalue weighted by molar-refractivity contribution is 8.13. The van der Waals surface area contributed by atoms with E-state index in [1.165, 1.54) is 35.8 Å². The molecule has 142 valence electrons. The molecule has 1 saturated heterocycles. The molecule has 1 unspecified atom stereocenters. The molecular weight excluding hydrogens is 391 g/mol. The minimum absolute atomic E-state index is 0.322.